The molecule has 0 saturated heterocycles. The number of aliphatic carboxylic acids is 1. The second-order valence-electron chi connectivity index (χ2n) is 4.75. The minimum Gasteiger partial charge on any atom is -0.496 e. The van der Waals surface area contributed by atoms with E-state index >= 15 is 0 Å². The van der Waals surface area contributed by atoms with Crippen LogP contribution in [-0.4, -0.2) is 36.7 Å². The minimum absolute atomic E-state index is 0.274. The third-order valence-electron chi connectivity index (χ3n) is 3.06. The van der Waals surface area contributed by atoms with Crippen LogP contribution in [0.2, 0.25) is 0 Å². The van der Waals surface area contributed by atoms with Crippen molar-refractivity contribution in [2.24, 2.45) is 0 Å². The van der Waals surface area contributed by atoms with Crippen molar-refractivity contribution in [3.05, 3.63) is 29.8 Å². The molecule has 0 spiro atoms. The number of nitrogens with zero attached hydrogens (tertiary/aromatic N) is 1. The summed E-state index contributed by atoms with van der Waals surface area (Å²) in [7, 11) is 3.76. The zero-order valence-electron chi connectivity index (χ0n) is 11.8. The first-order chi connectivity index (χ1) is 9.13. The summed E-state index contributed by atoms with van der Waals surface area (Å²) in [6.45, 7) is 1.82. The Balaban J connectivity index is 2.27. The Bertz CT molecular complexity index is 393. The molecule has 4 heteroatoms. The molecule has 0 unspecified atom stereocenters. The quantitative estimate of drug-likeness (QED) is 0.697. The zero-order chi connectivity index (χ0) is 14.1. The van der Waals surface area contributed by atoms with Gasteiger partial charge in [0, 0.05) is 18.5 Å². The third-order valence-corrected chi connectivity index (χ3v) is 3.06. The zero-order valence-corrected chi connectivity index (χ0v) is 11.8. The summed E-state index contributed by atoms with van der Waals surface area (Å²) in [6, 6.07) is 8.02. The standard InChI is InChI=1S/C15H23NO3/c1-16(11-7-3-4-10-15(17)18)12-13-8-5-6-9-14(13)19-2/h5-6,8-9H,3-4,7,10-12H2,1-2H3,(H,17,18). The van der Waals surface area contributed by atoms with Gasteiger partial charge in [-0.1, -0.05) is 24.6 Å². The fourth-order valence-electron chi connectivity index (χ4n) is 2.04. The normalized spacial score (nSPS) is 10.7. The SMILES string of the molecule is COc1ccccc1CN(C)CCCCCC(=O)O. The average Bonchev–Trinajstić information content (AvgIpc) is 2.38. The molecule has 0 aliphatic heterocycles. The lowest BCUT2D eigenvalue weighted by Crippen LogP contribution is -2.19. The van der Waals surface area contributed by atoms with Gasteiger partial charge in [0.05, 0.1) is 7.11 Å². The molecule has 1 aromatic carbocycles. The van der Waals surface area contributed by atoms with E-state index in [2.05, 4.69) is 18.0 Å². The maximum absolute atomic E-state index is 10.4. The number of benzene rings is 1. The molecular formula is C15H23NO3. The summed E-state index contributed by atoms with van der Waals surface area (Å²) in [5.41, 5.74) is 1.18. The number of hydrogen-bond donors (Lipinski definition) is 1. The number of para-hydroxylation sites is 1. The van der Waals surface area contributed by atoms with Gasteiger partial charge in [0.2, 0.25) is 0 Å². The number of carbonyl (C=O) groups is 1. The molecule has 0 fully saturated rings. The van der Waals surface area contributed by atoms with Crippen LogP contribution in [0.4, 0.5) is 0 Å². The molecule has 4 nitrogen and oxygen atoms in total. The van der Waals surface area contributed by atoms with E-state index in [1.54, 1.807) is 7.11 Å². The maximum Gasteiger partial charge on any atom is 0.303 e. The van der Waals surface area contributed by atoms with Crippen LogP contribution >= 0.6 is 0 Å². The van der Waals surface area contributed by atoms with Crippen molar-refractivity contribution < 1.29 is 14.6 Å². The number of methoxy groups -OCH3 is 1. The van der Waals surface area contributed by atoms with Crippen molar-refractivity contribution in [2.45, 2.75) is 32.2 Å². The van der Waals surface area contributed by atoms with Gasteiger partial charge < -0.3 is 14.7 Å². The first-order valence-corrected chi connectivity index (χ1v) is 6.65. The highest BCUT2D eigenvalue weighted by molar-refractivity contribution is 5.66. The second-order valence-corrected chi connectivity index (χ2v) is 4.75. The lowest BCUT2D eigenvalue weighted by molar-refractivity contribution is -0.137. The highest BCUT2D eigenvalue weighted by atomic mass is 16.5. The number of hydrogen-bond acceptors (Lipinski definition) is 3. The van der Waals surface area contributed by atoms with Gasteiger partial charge in [-0.15, -0.1) is 0 Å². The highest BCUT2D eigenvalue weighted by Gasteiger charge is 2.05. The number of carboxylic acids is 1. The molecule has 0 bridgehead atoms. The van der Waals surface area contributed by atoms with Crippen LogP contribution in [0.25, 0.3) is 0 Å². The van der Waals surface area contributed by atoms with E-state index in [9.17, 15) is 4.79 Å². The van der Waals surface area contributed by atoms with Crippen LogP contribution < -0.4 is 4.74 Å². The molecule has 1 aromatic rings. The smallest absolute Gasteiger partial charge is 0.303 e. The summed E-state index contributed by atoms with van der Waals surface area (Å²) < 4.78 is 5.32. The Labute approximate surface area is 115 Å². The Hall–Kier alpha value is -1.55. The van der Waals surface area contributed by atoms with E-state index in [0.29, 0.717) is 0 Å². The van der Waals surface area contributed by atoms with E-state index < -0.39 is 5.97 Å². The van der Waals surface area contributed by atoms with Gasteiger partial charge in [-0.25, -0.2) is 0 Å². The van der Waals surface area contributed by atoms with Crippen LogP contribution in [0.15, 0.2) is 24.3 Å². The summed E-state index contributed by atoms with van der Waals surface area (Å²) in [5, 5.41) is 8.55. The van der Waals surface area contributed by atoms with Gasteiger partial charge >= 0.3 is 5.97 Å². The summed E-state index contributed by atoms with van der Waals surface area (Å²) in [6.07, 6.45) is 3.02. The minimum atomic E-state index is -0.706. The fraction of sp³-hybridized carbons (Fsp3) is 0.533. The number of rotatable bonds is 9. The Kier molecular flexibility index (Phi) is 6.97. The lowest BCUT2D eigenvalue weighted by atomic mass is 10.1. The predicted molar refractivity (Wildman–Crippen MR) is 75.4 cm³/mol. The monoisotopic (exact) mass is 265 g/mol. The van der Waals surface area contributed by atoms with E-state index in [-0.39, 0.29) is 6.42 Å². The van der Waals surface area contributed by atoms with Crippen molar-refractivity contribution in [1.29, 1.82) is 0 Å². The van der Waals surface area contributed by atoms with Crippen LogP contribution in [0, 0.1) is 0 Å². The highest BCUT2D eigenvalue weighted by Crippen LogP contribution is 2.18. The maximum atomic E-state index is 10.4. The summed E-state index contributed by atoms with van der Waals surface area (Å²) in [4.78, 5) is 12.6. The molecule has 1 rings (SSSR count). The van der Waals surface area contributed by atoms with E-state index in [4.69, 9.17) is 9.84 Å². The molecule has 0 aromatic heterocycles. The van der Waals surface area contributed by atoms with Crippen LogP contribution in [0.1, 0.15) is 31.2 Å². The van der Waals surface area contributed by atoms with Gasteiger partial charge in [0.15, 0.2) is 0 Å². The second kappa shape index (κ2) is 8.53. The topological polar surface area (TPSA) is 49.8 Å². The Morgan fingerprint density at radius 2 is 2.00 bits per heavy atom. The fourth-order valence-corrected chi connectivity index (χ4v) is 2.04. The third kappa shape index (κ3) is 6.25. The van der Waals surface area contributed by atoms with Gasteiger partial charge in [-0.3, -0.25) is 4.79 Å². The molecule has 0 aliphatic rings. The number of carboxylic acid groups (broad SMARTS) is 1. The van der Waals surface area contributed by atoms with Gasteiger partial charge in [-0.2, -0.15) is 0 Å². The number of unbranched alkanes of at least 4 members (excludes halogenated alkanes) is 2. The molecule has 0 radical (unpaired) electrons. The number of ether oxygens (including phenoxy) is 1. The Morgan fingerprint density at radius 1 is 1.26 bits per heavy atom. The predicted octanol–water partition coefficient (Wildman–Crippen LogP) is 2.77. The van der Waals surface area contributed by atoms with Gasteiger partial charge in [0.1, 0.15) is 5.75 Å². The molecule has 0 heterocycles. The molecule has 1 N–H and O–H groups in total. The molecule has 0 aliphatic carbocycles. The molecule has 19 heavy (non-hydrogen) atoms. The molecule has 0 amide bonds. The van der Waals surface area contributed by atoms with Crippen molar-refractivity contribution in [3.63, 3.8) is 0 Å². The van der Waals surface area contributed by atoms with E-state index in [1.165, 1.54) is 5.56 Å². The van der Waals surface area contributed by atoms with E-state index in [0.717, 1.165) is 38.1 Å². The van der Waals surface area contributed by atoms with Crippen molar-refractivity contribution in [2.75, 3.05) is 20.7 Å². The van der Waals surface area contributed by atoms with Crippen LogP contribution in [0.5, 0.6) is 5.75 Å². The van der Waals surface area contributed by atoms with Crippen LogP contribution in [0.3, 0.4) is 0 Å². The average molecular weight is 265 g/mol. The molecule has 0 atom stereocenters. The molecule has 0 saturated carbocycles. The lowest BCUT2D eigenvalue weighted by Gasteiger charge is -2.18. The van der Waals surface area contributed by atoms with Crippen LogP contribution in [-0.2, 0) is 11.3 Å². The summed E-state index contributed by atoms with van der Waals surface area (Å²) >= 11 is 0. The van der Waals surface area contributed by atoms with Crippen molar-refractivity contribution in [3.8, 4) is 5.75 Å². The largest absolute Gasteiger partial charge is 0.496 e. The summed E-state index contributed by atoms with van der Waals surface area (Å²) in [5.74, 6) is 0.211. The molecular weight excluding hydrogens is 242 g/mol. The van der Waals surface area contributed by atoms with Gasteiger partial charge in [-0.05, 0) is 32.5 Å². The first kappa shape index (κ1) is 15.5. The van der Waals surface area contributed by atoms with Gasteiger partial charge in [0.25, 0.3) is 0 Å². The van der Waals surface area contributed by atoms with Crippen molar-refractivity contribution in [1.82, 2.24) is 4.90 Å². The van der Waals surface area contributed by atoms with E-state index in [1.807, 2.05) is 18.2 Å². The Morgan fingerprint density at radius 3 is 2.68 bits per heavy atom. The van der Waals surface area contributed by atoms with Crippen molar-refractivity contribution >= 4 is 5.97 Å². The molecule has 106 valence electrons. The first-order valence-electron chi connectivity index (χ1n) is 6.65.